The zero-order valence-corrected chi connectivity index (χ0v) is 16.0. The van der Waals surface area contributed by atoms with E-state index in [-0.39, 0.29) is 36.2 Å². The summed E-state index contributed by atoms with van der Waals surface area (Å²) in [5.41, 5.74) is 0. The number of aliphatic hydroxyl groups is 1. The van der Waals surface area contributed by atoms with Gasteiger partial charge < -0.3 is 9.66 Å². The second-order valence-corrected chi connectivity index (χ2v) is 6.90. The van der Waals surface area contributed by atoms with E-state index in [1.807, 2.05) is 6.92 Å². The van der Waals surface area contributed by atoms with Gasteiger partial charge >= 0.3 is 29.6 Å². The first-order chi connectivity index (χ1) is 9.02. The number of rotatable bonds is 13. The Morgan fingerprint density at radius 3 is 1.80 bits per heavy atom. The van der Waals surface area contributed by atoms with Gasteiger partial charge in [0.05, 0.1) is 10.1 Å². The Morgan fingerprint density at radius 2 is 1.35 bits per heavy atom. The van der Waals surface area contributed by atoms with Crippen molar-refractivity contribution in [3.63, 3.8) is 0 Å². The van der Waals surface area contributed by atoms with Crippen LogP contribution in [-0.2, 0) is 10.1 Å². The minimum atomic E-state index is -4.12. The molecule has 6 heteroatoms. The summed E-state index contributed by atoms with van der Waals surface area (Å²) in [5.74, 6) is 0. The molecule has 0 radical (unpaired) electrons. The Morgan fingerprint density at radius 1 is 0.900 bits per heavy atom. The number of unbranched alkanes of at least 4 members (excludes halogenated alkanes) is 7. The normalized spacial score (nSPS) is 12.9. The maximum Gasteiger partial charge on any atom is 1.00 e. The van der Waals surface area contributed by atoms with E-state index in [4.69, 9.17) is 5.11 Å². The monoisotopic (exact) mass is 316 g/mol. The van der Waals surface area contributed by atoms with Crippen molar-refractivity contribution in [2.75, 3.05) is 6.61 Å². The van der Waals surface area contributed by atoms with Crippen LogP contribution in [0.1, 0.15) is 77.6 Å². The fourth-order valence-electron chi connectivity index (χ4n) is 2.23. The smallest absolute Gasteiger partial charge is 0.748 e. The number of hydrogen-bond acceptors (Lipinski definition) is 4. The molecule has 1 unspecified atom stereocenters. The van der Waals surface area contributed by atoms with Crippen LogP contribution in [0, 0.1) is 0 Å². The Balaban J connectivity index is 0. The van der Waals surface area contributed by atoms with Crippen LogP contribution in [0.3, 0.4) is 0 Å². The predicted molar refractivity (Wildman–Crippen MR) is 77.0 cm³/mol. The fourth-order valence-corrected chi connectivity index (χ4v) is 3.14. The minimum Gasteiger partial charge on any atom is -0.748 e. The van der Waals surface area contributed by atoms with Crippen LogP contribution in [-0.4, -0.2) is 29.9 Å². The molecule has 116 valence electrons. The van der Waals surface area contributed by atoms with Gasteiger partial charge in [-0.05, 0) is 19.3 Å². The van der Waals surface area contributed by atoms with Crippen molar-refractivity contribution >= 4 is 10.1 Å². The first-order valence-electron chi connectivity index (χ1n) is 7.58. The van der Waals surface area contributed by atoms with E-state index in [1.165, 1.54) is 0 Å². The maximum atomic E-state index is 11.1. The molecule has 0 saturated heterocycles. The quantitative estimate of drug-likeness (QED) is 0.299. The van der Waals surface area contributed by atoms with Crippen molar-refractivity contribution < 1.29 is 47.6 Å². The molecule has 4 nitrogen and oxygen atoms in total. The van der Waals surface area contributed by atoms with Gasteiger partial charge in [0.2, 0.25) is 0 Å². The summed E-state index contributed by atoms with van der Waals surface area (Å²) in [6, 6.07) is 0. The SMILES string of the molecule is CCCCC(CCCCCCCCCO)S(=O)(=O)[O-].[Na+]. The molecule has 20 heavy (non-hydrogen) atoms. The van der Waals surface area contributed by atoms with Gasteiger partial charge in [-0.2, -0.15) is 0 Å². The third kappa shape index (κ3) is 13.8. The molecular weight excluding hydrogens is 287 g/mol. The zero-order valence-electron chi connectivity index (χ0n) is 13.1. The summed E-state index contributed by atoms with van der Waals surface area (Å²) in [7, 11) is -4.12. The molecule has 0 spiro atoms. The standard InChI is InChI=1S/C14H30O4S.Na/c1-2-3-11-14(19(16,17)18)12-9-7-5-4-6-8-10-13-15;/h14-15H,2-13H2,1H3,(H,16,17,18);/q;+1/p-1. The Labute approximate surface area is 146 Å². The van der Waals surface area contributed by atoms with Gasteiger partial charge in [0.15, 0.2) is 0 Å². The van der Waals surface area contributed by atoms with Gasteiger partial charge in [0.1, 0.15) is 0 Å². The zero-order chi connectivity index (χ0) is 14.6. The maximum absolute atomic E-state index is 11.1. The number of hydrogen-bond donors (Lipinski definition) is 1. The first kappa shape index (κ1) is 23.1. The summed E-state index contributed by atoms with van der Waals surface area (Å²) < 4.78 is 33.3. The molecule has 0 rings (SSSR count). The molecule has 0 aliphatic heterocycles. The number of aliphatic hydroxyl groups excluding tert-OH is 1. The van der Waals surface area contributed by atoms with Crippen molar-refractivity contribution in [1.29, 1.82) is 0 Å². The Kier molecular flexibility index (Phi) is 17.1. The van der Waals surface area contributed by atoms with Gasteiger partial charge in [0, 0.05) is 11.9 Å². The van der Waals surface area contributed by atoms with E-state index >= 15 is 0 Å². The van der Waals surface area contributed by atoms with E-state index in [9.17, 15) is 13.0 Å². The minimum absolute atomic E-state index is 0. The second kappa shape index (κ2) is 14.8. The molecule has 0 aromatic rings. The third-order valence-corrected chi connectivity index (χ3v) is 4.76. The molecule has 1 atom stereocenters. The van der Waals surface area contributed by atoms with Crippen LogP contribution in [0.5, 0.6) is 0 Å². The van der Waals surface area contributed by atoms with Crippen molar-refractivity contribution in [2.45, 2.75) is 82.8 Å². The van der Waals surface area contributed by atoms with Crippen molar-refractivity contribution in [3.05, 3.63) is 0 Å². The molecule has 0 aliphatic rings. The van der Waals surface area contributed by atoms with Gasteiger partial charge in [-0.1, -0.05) is 58.3 Å². The van der Waals surface area contributed by atoms with E-state index in [2.05, 4.69) is 0 Å². The Hall–Kier alpha value is 0.870. The molecular formula is C14H29NaO4S. The van der Waals surface area contributed by atoms with Gasteiger partial charge in [-0.25, -0.2) is 8.42 Å². The predicted octanol–water partition coefficient (Wildman–Crippen LogP) is 0.208. The molecule has 0 heterocycles. The van der Waals surface area contributed by atoms with Crippen LogP contribution in [0.4, 0.5) is 0 Å². The van der Waals surface area contributed by atoms with Crippen LogP contribution in [0.25, 0.3) is 0 Å². The molecule has 0 aromatic carbocycles. The Bertz CT molecular complexity index is 294. The first-order valence-corrected chi connectivity index (χ1v) is 9.05. The largest absolute Gasteiger partial charge is 1.00 e. The van der Waals surface area contributed by atoms with E-state index in [1.54, 1.807) is 0 Å². The van der Waals surface area contributed by atoms with E-state index in [0.29, 0.717) is 12.8 Å². The molecule has 0 saturated carbocycles. The van der Waals surface area contributed by atoms with Crippen LogP contribution in [0.2, 0.25) is 0 Å². The average molecular weight is 316 g/mol. The van der Waals surface area contributed by atoms with Crippen molar-refractivity contribution in [3.8, 4) is 0 Å². The molecule has 0 aromatic heterocycles. The van der Waals surface area contributed by atoms with Crippen LogP contribution in [0.15, 0.2) is 0 Å². The van der Waals surface area contributed by atoms with Crippen molar-refractivity contribution in [2.24, 2.45) is 0 Å². The molecule has 0 aliphatic carbocycles. The summed E-state index contributed by atoms with van der Waals surface area (Å²) in [4.78, 5) is 0. The van der Waals surface area contributed by atoms with E-state index < -0.39 is 15.4 Å². The topological polar surface area (TPSA) is 77.4 Å². The summed E-state index contributed by atoms with van der Waals surface area (Å²) >= 11 is 0. The molecule has 1 N–H and O–H groups in total. The summed E-state index contributed by atoms with van der Waals surface area (Å²) in [5, 5.41) is 7.95. The second-order valence-electron chi connectivity index (χ2n) is 5.24. The van der Waals surface area contributed by atoms with Crippen LogP contribution < -0.4 is 29.6 Å². The molecule has 0 amide bonds. The summed E-state index contributed by atoms with van der Waals surface area (Å²) in [6.45, 7) is 2.27. The van der Waals surface area contributed by atoms with Crippen molar-refractivity contribution in [1.82, 2.24) is 0 Å². The van der Waals surface area contributed by atoms with Gasteiger partial charge in [0.25, 0.3) is 0 Å². The summed E-state index contributed by atoms with van der Waals surface area (Å²) in [6.07, 6.45) is 9.87. The molecule has 0 bridgehead atoms. The molecule has 0 fully saturated rings. The third-order valence-electron chi connectivity index (χ3n) is 3.47. The van der Waals surface area contributed by atoms with E-state index in [0.717, 1.165) is 57.8 Å². The average Bonchev–Trinajstić information content (AvgIpc) is 2.34. The van der Waals surface area contributed by atoms with Gasteiger partial charge in [-0.15, -0.1) is 0 Å². The van der Waals surface area contributed by atoms with Crippen LogP contribution >= 0.6 is 0 Å². The fraction of sp³-hybridized carbons (Fsp3) is 1.00. The van der Waals surface area contributed by atoms with Gasteiger partial charge in [-0.3, -0.25) is 0 Å².